The molecule has 2 heterocycles. The number of benzene rings is 4. The van der Waals surface area contributed by atoms with Gasteiger partial charge >= 0.3 is 24.3 Å². The highest BCUT2D eigenvalue weighted by atomic mass is 19.4. The van der Waals surface area contributed by atoms with Gasteiger partial charge in [-0.05, 0) is 92.1 Å². The molecule has 0 aliphatic rings. The highest BCUT2D eigenvalue weighted by molar-refractivity contribution is 6.07. The lowest BCUT2D eigenvalue weighted by molar-refractivity contribution is -0.138. The van der Waals surface area contributed by atoms with Crippen molar-refractivity contribution >= 4 is 45.6 Å². The van der Waals surface area contributed by atoms with E-state index < -0.39 is 82.7 Å². The first-order valence-electron chi connectivity index (χ1n) is 17.4. The van der Waals surface area contributed by atoms with Crippen LogP contribution in [0.4, 0.5) is 35.1 Å². The van der Waals surface area contributed by atoms with Crippen LogP contribution in [-0.4, -0.2) is 43.1 Å². The van der Waals surface area contributed by atoms with E-state index in [1.807, 2.05) is 0 Å². The average molecular weight is 815 g/mol. The van der Waals surface area contributed by atoms with Crippen LogP contribution in [0.15, 0.2) is 72.8 Å². The number of aromatic hydroxyl groups is 1. The summed E-state index contributed by atoms with van der Waals surface area (Å²) in [7, 11) is 0. The number of carbonyl (C=O) groups excluding carboxylic acids is 3. The van der Waals surface area contributed by atoms with Gasteiger partial charge in [-0.15, -0.1) is 0 Å². The summed E-state index contributed by atoms with van der Waals surface area (Å²) in [5.74, 6) is -9.52. The molecule has 2 N–H and O–H groups in total. The third kappa shape index (κ3) is 7.51. The Bertz CT molecular complexity index is 2640. The monoisotopic (exact) mass is 814 g/mol. The smallest absolute Gasteiger partial charge is 0.416 e. The van der Waals surface area contributed by atoms with E-state index in [1.165, 1.54) is 13.8 Å². The van der Waals surface area contributed by atoms with Crippen molar-refractivity contribution in [3.8, 4) is 11.5 Å². The molecule has 0 fully saturated rings. The molecule has 6 rings (SSSR count). The number of carbonyl (C=O) groups is 4. The Kier molecular flexibility index (Phi) is 10.7. The molecule has 2 aromatic heterocycles. The normalized spacial score (nSPS) is 12.6. The summed E-state index contributed by atoms with van der Waals surface area (Å²) in [5.41, 5.74) is -2.76. The number of alkyl halides is 6. The first kappa shape index (κ1) is 41.1. The zero-order chi connectivity index (χ0) is 42.6. The number of hydrogen-bond acceptors (Lipinski definition) is 6. The molecule has 0 spiro atoms. The van der Waals surface area contributed by atoms with Gasteiger partial charge in [0, 0.05) is 45.4 Å². The predicted molar refractivity (Wildman–Crippen MR) is 192 cm³/mol. The quantitative estimate of drug-likeness (QED) is 0.0846. The van der Waals surface area contributed by atoms with E-state index in [2.05, 4.69) is 0 Å². The second-order valence-electron chi connectivity index (χ2n) is 13.4. The van der Waals surface area contributed by atoms with Crippen molar-refractivity contribution in [2.45, 2.75) is 58.3 Å². The molecule has 0 amide bonds. The van der Waals surface area contributed by atoms with Gasteiger partial charge in [-0.3, -0.25) is 28.3 Å². The van der Waals surface area contributed by atoms with Gasteiger partial charge in [-0.2, -0.15) is 26.3 Å². The number of aliphatic carboxylic acids is 1. The van der Waals surface area contributed by atoms with Crippen LogP contribution >= 0.6 is 0 Å². The molecule has 0 radical (unpaired) electrons. The van der Waals surface area contributed by atoms with Gasteiger partial charge in [0.1, 0.15) is 0 Å². The lowest BCUT2D eigenvalue weighted by Crippen LogP contribution is -2.21. The highest BCUT2D eigenvalue weighted by Crippen LogP contribution is 2.40. The number of carboxylic acids is 1. The van der Waals surface area contributed by atoms with Crippen molar-refractivity contribution in [1.29, 1.82) is 0 Å². The molecule has 0 aliphatic heterocycles. The number of hydrogen-bond donors (Lipinski definition) is 2. The van der Waals surface area contributed by atoms with Gasteiger partial charge in [0.25, 0.3) is 11.8 Å². The molecule has 58 heavy (non-hydrogen) atoms. The van der Waals surface area contributed by atoms with Crippen molar-refractivity contribution < 1.29 is 69.3 Å². The molecule has 9 nitrogen and oxygen atoms in total. The Morgan fingerprint density at radius 1 is 0.707 bits per heavy atom. The summed E-state index contributed by atoms with van der Waals surface area (Å²) in [6.07, 6.45) is -9.82. The fourth-order valence-corrected chi connectivity index (χ4v) is 7.05. The Hall–Kier alpha value is -6.52. The molecule has 302 valence electrons. The minimum Gasteiger partial charge on any atom is -0.505 e. The Morgan fingerprint density at radius 3 is 1.67 bits per heavy atom. The Morgan fingerprint density at radius 2 is 1.19 bits per heavy atom. The number of esters is 1. The molecule has 4 aromatic carbocycles. The molecular formula is C41H30F8N2O7. The molecule has 0 bridgehead atoms. The maximum absolute atomic E-state index is 16.0. The number of phenolic OH excluding ortho intramolecular Hbond substituents is 1. The van der Waals surface area contributed by atoms with Gasteiger partial charge in [0.2, 0.25) is 0 Å². The summed E-state index contributed by atoms with van der Waals surface area (Å²) in [6.45, 7) is 4.42. The van der Waals surface area contributed by atoms with E-state index >= 15 is 4.39 Å². The number of rotatable bonds is 9. The van der Waals surface area contributed by atoms with Crippen molar-refractivity contribution in [3.05, 3.63) is 129 Å². The number of halogens is 8. The molecule has 6 aromatic rings. The number of ether oxygens (including phenoxy) is 1. The van der Waals surface area contributed by atoms with Gasteiger partial charge in [-0.1, -0.05) is 13.3 Å². The summed E-state index contributed by atoms with van der Waals surface area (Å²) in [4.78, 5) is 53.4. The molecule has 0 aliphatic carbocycles. The summed E-state index contributed by atoms with van der Waals surface area (Å²) in [6, 6.07) is 9.99. The van der Waals surface area contributed by atoms with E-state index in [0.29, 0.717) is 24.3 Å². The second-order valence-corrected chi connectivity index (χ2v) is 13.4. The Labute approximate surface area is 322 Å². The SMILES string of the molecule is CCCC(C(=O)Oc1cc2c(CC(=O)O)c(C)n(C(=O)c3ccc(C(F)(F)F)cc3)c2cc1F)c1c(C)n(C(=O)c2ccc(C(F)(F)F)cc2)c2cc(F)c(O)cc12. The number of nitrogens with zero attached hydrogens (tertiary/aromatic N) is 2. The van der Waals surface area contributed by atoms with Gasteiger partial charge < -0.3 is 14.9 Å². The number of aromatic nitrogens is 2. The van der Waals surface area contributed by atoms with Gasteiger partial charge in [0.05, 0.1) is 34.5 Å². The first-order chi connectivity index (χ1) is 27.1. The lowest BCUT2D eigenvalue weighted by atomic mass is 9.92. The van der Waals surface area contributed by atoms with Crippen LogP contribution in [0, 0.1) is 25.5 Å². The Balaban J connectivity index is 1.43. The maximum atomic E-state index is 16.0. The van der Waals surface area contributed by atoms with E-state index in [-0.39, 0.29) is 68.3 Å². The predicted octanol–water partition coefficient (Wildman–Crippen LogP) is 9.73. The molecule has 1 atom stereocenters. The van der Waals surface area contributed by atoms with E-state index in [0.717, 1.165) is 57.7 Å². The number of phenols is 1. The third-order valence-corrected chi connectivity index (χ3v) is 9.78. The van der Waals surface area contributed by atoms with Crippen LogP contribution in [0.2, 0.25) is 0 Å². The minimum atomic E-state index is -4.70. The fourth-order valence-electron chi connectivity index (χ4n) is 7.05. The van der Waals surface area contributed by atoms with E-state index in [9.17, 15) is 60.1 Å². The van der Waals surface area contributed by atoms with Crippen molar-refractivity contribution in [2.75, 3.05) is 0 Å². The second kappa shape index (κ2) is 15.1. The standard InChI is InChI=1S/C41H30F8N2O7/c1-4-5-25(36-20(3)51(32-17-29(42)33(52)14-28(32)36)38(56)22-8-12-24(13-9-22)41(47,48)49)39(57)58-34-15-27-26(16-35(53)54)19(2)50(31(27)18-30(34)43)37(55)21-6-10-23(11-7-21)40(44,45)46/h6-15,17-18,25,52H,4-5,16H2,1-3H3,(H,53,54). The summed E-state index contributed by atoms with van der Waals surface area (Å²) in [5, 5.41) is 20.0. The average Bonchev–Trinajstić information content (AvgIpc) is 3.56. The van der Waals surface area contributed by atoms with Crippen molar-refractivity contribution in [1.82, 2.24) is 9.13 Å². The minimum absolute atomic E-state index is 0.00112. The topological polar surface area (TPSA) is 128 Å². The van der Waals surface area contributed by atoms with Crippen molar-refractivity contribution in [2.24, 2.45) is 0 Å². The lowest BCUT2D eigenvalue weighted by Gasteiger charge is -2.17. The zero-order valence-corrected chi connectivity index (χ0v) is 30.5. The molecule has 17 heteroatoms. The van der Waals surface area contributed by atoms with Gasteiger partial charge in [-0.25, -0.2) is 8.78 Å². The summed E-state index contributed by atoms with van der Waals surface area (Å²) >= 11 is 0. The molecule has 0 saturated carbocycles. The molecular weight excluding hydrogens is 784 g/mol. The third-order valence-electron chi connectivity index (χ3n) is 9.78. The molecule has 1 unspecified atom stereocenters. The van der Waals surface area contributed by atoms with Crippen molar-refractivity contribution in [3.63, 3.8) is 0 Å². The largest absolute Gasteiger partial charge is 0.505 e. The van der Waals surface area contributed by atoms with Crippen LogP contribution in [0.3, 0.4) is 0 Å². The summed E-state index contributed by atoms with van der Waals surface area (Å²) < 4.78 is 117. The number of carboxylic acid groups (broad SMARTS) is 1. The van der Waals surface area contributed by atoms with Crippen LogP contribution < -0.4 is 4.74 Å². The maximum Gasteiger partial charge on any atom is 0.416 e. The van der Waals surface area contributed by atoms with E-state index in [4.69, 9.17) is 4.74 Å². The highest BCUT2D eigenvalue weighted by Gasteiger charge is 2.34. The van der Waals surface area contributed by atoms with Gasteiger partial charge in [0.15, 0.2) is 23.1 Å². The first-order valence-corrected chi connectivity index (χ1v) is 17.4. The molecule has 0 saturated heterocycles. The number of fused-ring (bicyclic) bond motifs is 2. The van der Waals surface area contributed by atoms with Crippen LogP contribution in [0.25, 0.3) is 21.8 Å². The van der Waals surface area contributed by atoms with E-state index in [1.54, 1.807) is 6.92 Å². The van der Waals surface area contributed by atoms with Crippen LogP contribution in [0.1, 0.15) is 80.0 Å². The van der Waals surface area contributed by atoms with Crippen LogP contribution in [0.5, 0.6) is 11.5 Å². The zero-order valence-electron chi connectivity index (χ0n) is 30.5. The fraction of sp³-hybridized carbons (Fsp3) is 0.220. The van der Waals surface area contributed by atoms with Crippen LogP contribution in [-0.2, 0) is 28.4 Å².